The van der Waals surface area contributed by atoms with Crippen molar-refractivity contribution in [2.24, 2.45) is 5.10 Å². The van der Waals surface area contributed by atoms with E-state index in [1.807, 2.05) is 72.3 Å². The molecule has 1 aromatic heterocycles. The van der Waals surface area contributed by atoms with E-state index in [0.29, 0.717) is 0 Å². The van der Waals surface area contributed by atoms with Crippen LogP contribution >= 0.6 is 0 Å². The molecular weight excluding hydrogens is 274 g/mol. The third-order valence-electron chi connectivity index (χ3n) is 3.44. The van der Waals surface area contributed by atoms with Crippen LogP contribution in [0.3, 0.4) is 0 Å². The molecule has 0 atom stereocenters. The van der Waals surface area contributed by atoms with Crippen molar-refractivity contribution in [3.63, 3.8) is 0 Å². The summed E-state index contributed by atoms with van der Waals surface area (Å²) >= 11 is 0. The maximum Gasteiger partial charge on any atom is 0.259 e. The molecular formula is C18H17N3O. The fourth-order valence-corrected chi connectivity index (χ4v) is 2.40. The predicted octanol–water partition coefficient (Wildman–Crippen LogP) is 3.10. The Morgan fingerprint density at radius 3 is 2.91 bits per heavy atom. The second-order valence-electron chi connectivity index (χ2n) is 5.21. The zero-order valence-electron chi connectivity index (χ0n) is 12.4. The molecule has 0 saturated carbocycles. The molecule has 1 N–H and O–H groups in total. The Morgan fingerprint density at radius 2 is 2.05 bits per heavy atom. The number of aromatic nitrogens is 1. The van der Waals surface area contributed by atoms with Crippen LogP contribution in [0.5, 0.6) is 0 Å². The number of carbonyl (C=O) groups is 1. The van der Waals surface area contributed by atoms with Gasteiger partial charge in [0.15, 0.2) is 0 Å². The molecule has 0 aliphatic rings. The molecule has 3 aromatic rings. The fourth-order valence-electron chi connectivity index (χ4n) is 2.40. The third kappa shape index (κ3) is 3.23. The highest BCUT2D eigenvalue weighted by Crippen LogP contribution is 2.14. The van der Waals surface area contributed by atoms with Crippen LogP contribution in [-0.2, 0) is 11.3 Å². The molecule has 0 fully saturated rings. The van der Waals surface area contributed by atoms with Crippen LogP contribution in [0.15, 0.2) is 65.9 Å². The highest BCUT2D eigenvalue weighted by molar-refractivity contribution is 5.84. The second-order valence-corrected chi connectivity index (χ2v) is 5.21. The number of hydrogen-bond acceptors (Lipinski definition) is 2. The molecule has 0 unspecified atom stereocenters. The van der Waals surface area contributed by atoms with E-state index in [9.17, 15) is 4.79 Å². The van der Waals surface area contributed by atoms with Gasteiger partial charge in [0.25, 0.3) is 5.91 Å². The van der Waals surface area contributed by atoms with Crippen LogP contribution in [0.1, 0.15) is 11.1 Å². The minimum atomic E-state index is -0.148. The van der Waals surface area contributed by atoms with E-state index in [2.05, 4.69) is 10.5 Å². The Kier molecular flexibility index (Phi) is 4.01. The van der Waals surface area contributed by atoms with Crippen molar-refractivity contribution in [1.82, 2.24) is 9.99 Å². The van der Waals surface area contributed by atoms with Crippen molar-refractivity contribution < 1.29 is 4.79 Å². The van der Waals surface area contributed by atoms with Crippen LogP contribution in [0.25, 0.3) is 10.9 Å². The van der Waals surface area contributed by atoms with Crippen molar-refractivity contribution in [3.05, 3.63) is 71.9 Å². The molecule has 3 rings (SSSR count). The molecule has 1 heterocycles. The molecule has 1 amide bonds. The number of benzene rings is 2. The van der Waals surface area contributed by atoms with E-state index >= 15 is 0 Å². The maximum absolute atomic E-state index is 12.0. The van der Waals surface area contributed by atoms with Crippen molar-refractivity contribution in [3.8, 4) is 0 Å². The monoisotopic (exact) mass is 291 g/mol. The van der Waals surface area contributed by atoms with Gasteiger partial charge in [-0.05, 0) is 30.0 Å². The number of para-hydroxylation sites is 1. The molecule has 0 radical (unpaired) electrons. The number of rotatable bonds is 4. The van der Waals surface area contributed by atoms with Crippen molar-refractivity contribution in [2.45, 2.75) is 13.5 Å². The summed E-state index contributed by atoms with van der Waals surface area (Å²) < 4.78 is 1.91. The lowest BCUT2D eigenvalue weighted by Crippen LogP contribution is -2.22. The van der Waals surface area contributed by atoms with E-state index in [1.165, 1.54) is 0 Å². The first-order valence-corrected chi connectivity index (χ1v) is 7.15. The quantitative estimate of drug-likeness (QED) is 0.582. The number of amides is 1. The Labute approximate surface area is 129 Å². The topological polar surface area (TPSA) is 46.4 Å². The highest BCUT2D eigenvalue weighted by Gasteiger charge is 2.04. The number of fused-ring (bicyclic) bond motifs is 1. The number of nitrogens with zero attached hydrogens (tertiary/aromatic N) is 2. The molecule has 110 valence electrons. The van der Waals surface area contributed by atoms with Crippen LogP contribution in [-0.4, -0.2) is 16.7 Å². The molecule has 4 nitrogen and oxygen atoms in total. The number of hydrazone groups is 1. The molecule has 2 aromatic carbocycles. The van der Waals surface area contributed by atoms with Gasteiger partial charge >= 0.3 is 0 Å². The van der Waals surface area contributed by atoms with Gasteiger partial charge in [-0.25, -0.2) is 5.43 Å². The van der Waals surface area contributed by atoms with E-state index < -0.39 is 0 Å². The normalized spacial score (nSPS) is 11.1. The van der Waals surface area contributed by atoms with Gasteiger partial charge in [0.2, 0.25) is 0 Å². The lowest BCUT2D eigenvalue weighted by Gasteiger charge is -2.04. The average Bonchev–Trinajstić information content (AvgIpc) is 2.91. The minimum absolute atomic E-state index is 0.148. The van der Waals surface area contributed by atoms with Gasteiger partial charge in [0.1, 0.15) is 6.54 Å². The fraction of sp³-hybridized carbons (Fsp3) is 0.111. The third-order valence-corrected chi connectivity index (χ3v) is 3.44. The summed E-state index contributed by atoms with van der Waals surface area (Å²) in [4.78, 5) is 12.0. The largest absolute Gasteiger partial charge is 0.338 e. The van der Waals surface area contributed by atoms with Gasteiger partial charge in [-0.3, -0.25) is 4.79 Å². The zero-order valence-corrected chi connectivity index (χ0v) is 12.4. The molecule has 22 heavy (non-hydrogen) atoms. The predicted molar refractivity (Wildman–Crippen MR) is 88.9 cm³/mol. The lowest BCUT2D eigenvalue weighted by molar-refractivity contribution is -0.121. The zero-order chi connectivity index (χ0) is 15.4. The first-order chi connectivity index (χ1) is 10.7. The molecule has 0 bridgehead atoms. The number of carbonyl (C=O) groups excluding carboxylic acids is 1. The number of hydrogen-bond donors (Lipinski definition) is 1. The van der Waals surface area contributed by atoms with Gasteiger partial charge in [0.05, 0.1) is 6.21 Å². The summed E-state index contributed by atoms with van der Waals surface area (Å²) in [5.74, 6) is -0.148. The first kappa shape index (κ1) is 14.1. The van der Waals surface area contributed by atoms with Crippen LogP contribution in [0.2, 0.25) is 0 Å². The van der Waals surface area contributed by atoms with Gasteiger partial charge < -0.3 is 4.57 Å². The Bertz CT molecular complexity index is 833. The first-order valence-electron chi connectivity index (χ1n) is 7.15. The standard InChI is InChI=1S/C18H17N3O/c1-14-5-4-6-15(11-14)12-19-20-18(22)13-21-10-9-16-7-2-3-8-17(16)21/h2-12H,13H2,1H3,(H,20,22)/b19-12+. The van der Waals surface area contributed by atoms with Crippen molar-refractivity contribution >= 4 is 23.0 Å². The molecule has 4 heteroatoms. The summed E-state index contributed by atoms with van der Waals surface area (Å²) in [6.45, 7) is 2.27. The van der Waals surface area contributed by atoms with Crippen molar-refractivity contribution in [1.29, 1.82) is 0 Å². The summed E-state index contributed by atoms with van der Waals surface area (Å²) in [5, 5.41) is 5.13. The SMILES string of the molecule is Cc1cccc(/C=N/NC(=O)Cn2ccc3ccccc32)c1. The van der Waals surface area contributed by atoms with Gasteiger partial charge in [-0.15, -0.1) is 0 Å². The Hall–Kier alpha value is -2.88. The summed E-state index contributed by atoms with van der Waals surface area (Å²) in [6, 6.07) is 17.9. The number of nitrogens with one attached hydrogen (secondary N) is 1. The van der Waals surface area contributed by atoms with E-state index in [0.717, 1.165) is 22.0 Å². The number of aryl methyl sites for hydroxylation is 1. The smallest absolute Gasteiger partial charge is 0.259 e. The second kappa shape index (κ2) is 6.26. The van der Waals surface area contributed by atoms with Crippen molar-refractivity contribution in [2.75, 3.05) is 0 Å². The summed E-state index contributed by atoms with van der Waals surface area (Å²) in [5.41, 5.74) is 5.73. The molecule has 0 aliphatic heterocycles. The lowest BCUT2D eigenvalue weighted by atomic mass is 10.2. The van der Waals surface area contributed by atoms with Crippen LogP contribution in [0.4, 0.5) is 0 Å². The van der Waals surface area contributed by atoms with Crippen LogP contribution in [0, 0.1) is 6.92 Å². The van der Waals surface area contributed by atoms with E-state index in [-0.39, 0.29) is 12.5 Å². The molecule has 0 saturated heterocycles. The highest BCUT2D eigenvalue weighted by atomic mass is 16.2. The maximum atomic E-state index is 12.0. The van der Waals surface area contributed by atoms with Gasteiger partial charge in [-0.1, -0.05) is 48.0 Å². The average molecular weight is 291 g/mol. The summed E-state index contributed by atoms with van der Waals surface area (Å²) in [6.07, 6.45) is 3.56. The Balaban J connectivity index is 1.63. The molecule has 0 spiro atoms. The molecule has 0 aliphatic carbocycles. The Morgan fingerprint density at radius 1 is 1.18 bits per heavy atom. The van der Waals surface area contributed by atoms with Crippen LogP contribution < -0.4 is 5.43 Å². The van der Waals surface area contributed by atoms with E-state index in [1.54, 1.807) is 6.21 Å². The van der Waals surface area contributed by atoms with Gasteiger partial charge in [-0.2, -0.15) is 5.10 Å². The van der Waals surface area contributed by atoms with Gasteiger partial charge in [0, 0.05) is 11.7 Å². The van der Waals surface area contributed by atoms with E-state index in [4.69, 9.17) is 0 Å². The summed E-state index contributed by atoms with van der Waals surface area (Å²) in [7, 11) is 0. The minimum Gasteiger partial charge on any atom is -0.338 e.